The number of amides is 1. The molecule has 1 aromatic rings. The lowest BCUT2D eigenvalue weighted by Crippen LogP contribution is -2.35. The third kappa shape index (κ3) is 5.50. The Balaban J connectivity index is 0.00000242. The van der Waals surface area contributed by atoms with E-state index in [2.05, 4.69) is 18.3 Å². The van der Waals surface area contributed by atoms with Crippen LogP contribution < -0.4 is 10.1 Å². The smallest absolute Gasteiger partial charge is 0.222 e. The molecule has 1 unspecified atom stereocenters. The molecule has 0 aromatic heterocycles. The van der Waals surface area contributed by atoms with Crippen molar-refractivity contribution >= 4 is 18.3 Å². The Morgan fingerprint density at radius 1 is 1.32 bits per heavy atom. The molecule has 5 heteroatoms. The average Bonchev–Trinajstić information content (AvgIpc) is 2.76. The van der Waals surface area contributed by atoms with E-state index in [1.165, 1.54) is 5.56 Å². The molecule has 0 bridgehead atoms. The first-order valence-electron chi connectivity index (χ1n) is 7.81. The van der Waals surface area contributed by atoms with E-state index in [0.717, 1.165) is 44.8 Å². The number of halogens is 1. The van der Waals surface area contributed by atoms with Crippen LogP contribution in [0.4, 0.5) is 0 Å². The Labute approximate surface area is 139 Å². The number of ether oxygens (including phenoxy) is 1. The molecule has 4 nitrogen and oxygen atoms in total. The van der Waals surface area contributed by atoms with Gasteiger partial charge in [-0.3, -0.25) is 4.79 Å². The van der Waals surface area contributed by atoms with Gasteiger partial charge in [0.2, 0.25) is 5.91 Å². The van der Waals surface area contributed by atoms with Gasteiger partial charge in [0.05, 0.1) is 7.11 Å². The van der Waals surface area contributed by atoms with E-state index in [1.54, 1.807) is 7.11 Å². The van der Waals surface area contributed by atoms with Crippen molar-refractivity contribution in [3.05, 3.63) is 29.8 Å². The SMILES string of the molecule is COc1ccccc1CC(C)CC(=O)N1CCCNCC1.Cl. The highest BCUT2D eigenvalue weighted by Gasteiger charge is 2.18. The summed E-state index contributed by atoms with van der Waals surface area (Å²) in [6.07, 6.45) is 2.53. The molecule has 1 atom stereocenters. The molecule has 124 valence electrons. The second-order valence-corrected chi connectivity index (χ2v) is 5.81. The normalized spacial score (nSPS) is 16.4. The third-order valence-electron chi connectivity index (χ3n) is 3.98. The van der Waals surface area contributed by atoms with Gasteiger partial charge < -0.3 is 15.0 Å². The fourth-order valence-corrected chi connectivity index (χ4v) is 2.84. The van der Waals surface area contributed by atoms with Crippen LogP contribution in [0.15, 0.2) is 24.3 Å². The molecule has 1 fully saturated rings. The Morgan fingerprint density at radius 2 is 2.09 bits per heavy atom. The summed E-state index contributed by atoms with van der Waals surface area (Å²) in [5, 5.41) is 3.33. The van der Waals surface area contributed by atoms with Gasteiger partial charge in [-0.25, -0.2) is 0 Å². The largest absolute Gasteiger partial charge is 0.496 e. The van der Waals surface area contributed by atoms with Crippen molar-refractivity contribution in [2.24, 2.45) is 5.92 Å². The average molecular weight is 327 g/mol. The first-order chi connectivity index (χ1) is 10.2. The van der Waals surface area contributed by atoms with Gasteiger partial charge in [-0.2, -0.15) is 0 Å². The molecule has 0 aliphatic carbocycles. The maximum Gasteiger partial charge on any atom is 0.222 e. The van der Waals surface area contributed by atoms with Crippen LogP contribution in [0.3, 0.4) is 0 Å². The molecule has 0 saturated carbocycles. The van der Waals surface area contributed by atoms with E-state index in [-0.39, 0.29) is 18.3 Å². The van der Waals surface area contributed by atoms with Crippen molar-refractivity contribution in [3.8, 4) is 5.75 Å². The van der Waals surface area contributed by atoms with Crippen LogP contribution in [0.5, 0.6) is 5.75 Å². The van der Waals surface area contributed by atoms with Crippen LogP contribution >= 0.6 is 12.4 Å². The molecule has 0 radical (unpaired) electrons. The predicted molar refractivity (Wildman–Crippen MR) is 91.8 cm³/mol. The Hall–Kier alpha value is -1.26. The van der Waals surface area contributed by atoms with Crippen LogP contribution in [0, 0.1) is 5.92 Å². The second kappa shape index (κ2) is 9.70. The summed E-state index contributed by atoms with van der Waals surface area (Å²) in [7, 11) is 1.69. The molecular formula is C17H27ClN2O2. The van der Waals surface area contributed by atoms with Gasteiger partial charge in [-0.05, 0) is 36.9 Å². The quantitative estimate of drug-likeness (QED) is 0.904. The Bertz CT molecular complexity index is 460. The van der Waals surface area contributed by atoms with Gasteiger partial charge in [-0.1, -0.05) is 25.1 Å². The monoisotopic (exact) mass is 326 g/mol. The molecule has 1 N–H and O–H groups in total. The highest BCUT2D eigenvalue weighted by molar-refractivity contribution is 5.85. The summed E-state index contributed by atoms with van der Waals surface area (Å²) >= 11 is 0. The predicted octanol–water partition coefficient (Wildman–Crippen LogP) is 2.51. The number of rotatable bonds is 5. The van der Waals surface area contributed by atoms with E-state index in [1.807, 2.05) is 23.1 Å². The van der Waals surface area contributed by atoms with Gasteiger partial charge >= 0.3 is 0 Å². The van der Waals surface area contributed by atoms with E-state index in [9.17, 15) is 4.79 Å². The van der Waals surface area contributed by atoms with E-state index >= 15 is 0 Å². The summed E-state index contributed by atoms with van der Waals surface area (Å²) in [5.41, 5.74) is 1.18. The lowest BCUT2D eigenvalue weighted by atomic mass is 9.97. The summed E-state index contributed by atoms with van der Waals surface area (Å²) < 4.78 is 5.38. The molecule has 22 heavy (non-hydrogen) atoms. The number of carbonyl (C=O) groups is 1. The molecule has 1 saturated heterocycles. The van der Waals surface area contributed by atoms with Crippen molar-refractivity contribution in [1.82, 2.24) is 10.2 Å². The third-order valence-corrected chi connectivity index (χ3v) is 3.98. The highest BCUT2D eigenvalue weighted by Crippen LogP contribution is 2.22. The van der Waals surface area contributed by atoms with Crippen molar-refractivity contribution in [2.45, 2.75) is 26.2 Å². The van der Waals surface area contributed by atoms with Gasteiger partial charge in [0.25, 0.3) is 0 Å². The lowest BCUT2D eigenvalue weighted by Gasteiger charge is -2.22. The van der Waals surface area contributed by atoms with Gasteiger partial charge in [0.15, 0.2) is 0 Å². The molecule has 2 rings (SSSR count). The Morgan fingerprint density at radius 3 is 2.86 bits per heavy atom. The van der Waals surface area contributed by atoms with E-state index in [4.69, 9.17) is 4.74 Å². The van der Waals surface area contributed by atoms with Crippen LogP contribution in [0.25, 0.3) is 0 Å². The van der Waals surface area contributed by atoms with Crippen molar-refractivity contribution in [3.63, 3.8) is 0 Å². The molecule has 1 aliphatic heterocycles. The molecule has 1 heterocycles. The van der Waals surface area contributed by atoms with Crippen molar-refractivity contribution in [2.75, 3.05) is 33.3 Å². The topological polar surface area (TPSA) is 41.6 Å². The standard InChI is InChI=1S/C17H26N2O2.ClH/c1-14(12-15-6-3-4-7-16(15)21-2)13-17(20)19-10-5-8-18-9-11-19;/h3-4,6-7,14,18H,5,8-13H2,1-2H3;1H. The minimum absolute atomic E-state index is 0. The van der Waals surface area contributed by atoms with Crippen molar-refractivity contribution < 1.29 is 9.53 Å². The van der Waals surface area contributed by atoms with Crippen LogP contribution in [-0.4, -0.2) is 44.1 Å². The summed E-state index contributed by atoms with van der Waals surface area (Å²) in [5.74, 6) is 1.52. The van der Waals surface area contributed by atoms with E-state index < -0.39 is 0 Å². The number of hydrogen-bond acceptors (Lipinski definition) is 3. The number of nitrogens with zero attached hydrogens (tertiary/aromatic N) is 1. The number of para-hydroxylation sites is 1. The number of hydrogen-bond donors (Lipinski definition) is 1. The lowest BCUT2D eigenvalue weighted by molar-refractivity contribution is -0.131. The summed E-state index contributed by atoms with van der Waals surface area (Å²) in [6, 6.07) is 8.05. The maximum absolute atomic E-state index is 12.4. The van der Waals surface area contributed by atoms with Gasteiger partial charge in [-0.15, -0.1) is 12.4 Å². The molecule has 1 amide bonds. The van der Waals surface area contributed by atoms with Crippen LogP contribution in [0.2, 0.25) is 0 Å². The van der Waals surface area contributed by atoms with Gasteiger partial charge in [0, 0.05) is 26.1 Å². The zero-order chi connectivity index (χ0) is 15.1. The maximum atomic E-state index is 12.4. The first kappa shape index (κ1) is 18.8. The minimum atomic E-state index is 0. The number of benzene rings is 1. The second-order valence-electron chi connectivity index (χ2n) is 5.81. The zero-order valence-corrected chi connectivity index (χ0v) is 14.3. The number of methoxy groups -OCH3 is 1. The van der Waals surface area contributed by atoms with E-state index in [0.29, 0.717) is 12.3 Å². The molecule has 0 spiro atoms. The summed E-state index contributed by atoms with van der Waals surface area (Å²) in [4.78, 5) is 14.4. The first-order valence-corrected chi connectivity index (χ1v) is 7.81. The summed E-state index contributed by atoms with van der Waals surface area (Å²) in [6.45, 7) is 5.78. The van der Waals surface area contributed by atoms with Crippen molar-refractivity contribution in [1.29, 1.82) is 0 Å². The molecule has 1 aromatic carbocycles. The zero-order valence-electron chi connectivity index (χ0n) is 13.5. The fraction of sp³-hybridized carbons (Fsp3) is 0.588. The number of nitrogens with one attached hydrogen (secondary N) is 1. The van der Waals surface area contributed by atoms with Gasteiger partial charge in [0.1, 0.15) is 5.75 Å². The number of carbonyl (C=O) groups excluding carboxylic acids is 1. The highest BCUT2D eigenvalue weighted by atomic mass is 35.5. The van der Waals surface area contributed by atoms with Crippen LogP contribution in [0.1, 0.15) is 25.3 Å². The molecule has 1 aliphatic rings. The minimum Gasteiger partial charge on any atom is -0.496 e. The Kier molecular flexibility index (Phi) is 8.28. The van der Waals surface area contributed by atoms with Crippen LogP contribution in [-0.2, 0) is 11.2 Å². The fourth-order valence-electron chi connectivity index (χ4n) is 2.84. The molecular weight excluding hydrogens is 300 g/mol.